The SMILES string of the molecule is CNCC(=O)NCCc1cc(Cl)c(OC)cc1C. The second-order valence-electron chi connectivity index (χ2n) is 4.04. The van der Waals surface area contributed by atoms with Crippen molar-refractivity contribution in [3.8, 4) is 5.75 Å². The van der Waals surface area contributed by atoms with Crippen LogP contribution < -0.4 is 15.4 Å². The first-order valence-corrected chi connectivity index (χ1v) is 6.20. The molecule has 0 radical (unpaired) electrons. The van der Waals surface area contributed by atoms with E-state index in [2.05, 4.69) is 10.6 Å². The van der Waals surface area contributed by atoms with Crippen LogP contribution in [0.15, 0.2) is 12.1 Å². The van der Waals surface area contributed by atoms with Gasteiger partial charge in [0.05, 0.1) is 18.7 Å². The van der Waals surface area contributed by atoms with Crippen LogP contribution in [0.4, 0.5) is 0 Å². The lowest BCUT2D eigenvalue weighted by Crippen LogP contribution is -2.33. The fourth-order valence-corrected chi connectivity index (χ4v) is 1.95. The fraction of sp³-hybridized carbons (Fsp3) is 0.462. The van der Waals surface area contributed by atoms with E-state index >= 15 is 0 Å². The summed E-state index contributed by atoms with van der Waals surface area (Å²) in [6, 6.07) is 3.80. The minimum atomic E-state index is -0.00485. The molecule has 4 nitrogen and oxygen atoms in total. The smallest absolute Gasteiger partial charge is 0.233 e. The molecule has 0 heterocycles. The molecule has 5 heteroatoms. The van der Waals surface area contributed by atoms with Crippen molar-refractivity contribution in [1.82, 2.24) is 10.6 Å². The molecular weight excluding hydrogens is 252 g/mol. The van der Waals surface area contributed by atoms with Crippen LogP contribution in [-0.4, -0.2) is 33.2 Å². The number of ether oxygens (including phenoxy) is 1. The summed E-state index contributed by atoms with van der Waals surface area (Å²) in [5.74, 6) is 0.673. The number of aryl methyl sites for hydroxylation is 1. The number of likely N-dealkylation sites (N-methyl/N-ethyl adjacent to an activating group) is 1. The normalized spacial score (nSPS) is 10.2. The Bertz CT molecular complexity index is 422. The number of hydrogen-bond acceptors (Lipinski definition) is 3. The first-order chi connectivity index (χ1) is 8.58. The second-order valence-corrected chi connectivity index (χ2v) is 4.45. The summed E-state index contributed by atoms with van der Waals surface area (Å²) in [6.07, 6.45) is 0.755. The molecule has 2 N–H and O–H groups in total. The van der Waals surface area contributed by atoms with Gasteiger partial charge in [-0.15, -0.1) is 0 Å². The van der Waals surface area contributed by atoms with E-state index in [0.717, 1.165) is 17.5 Å². The molecule has 0 aliphatic rings. The molecule has 1 aromatic rings. The van der Waals surface area contributed by atoms with E-state index in [1.165, 1.54) is 0 Å². The number of rotatable bonds is 6. The standard InChI is InChI=1S/C13H19ClN2O2/c1-9-6-12(18-3)11(14)7-10(9)4-5-16-13(17)8-15-2/h6-7,15H,4-5,8H2,1-3H3,(H,16,17). The maximum Gasteiger partial charge on any atom is 0.233 e. The van der Waals surface area contributed by atoms with Crippen molar-refractivity contribution in [1.29, 1.82) is 0 Å². The number of nitrogens with one attached hydrogen (secondary N) is 2. The highest BCUT2D eigenvalue weighted by molar-refractivity contribution is 6.32. The Morgan fingerprint density at radius 1 is 1.44 bits per heavy atom. The lowest BCUT2D eigenvalue weighted by Gasteiger charge is -2.11. The average molecular weight is 271 g/mol. The van der Waals surface area contributed by atoms with Gasteiger partial charge in [0, 0.05) is 6.54 Å². The molecule has 100 valence electrons. The van der Waals surface area contributed by atoms with Gasteiger partial charge in [-0.1, -0.05) is 11.6 Å². The first kappa shape index (κ1) is 14.8. The van der Waals surface area contributed by atoms with Crippen molar-refractivity contribution >= 4 is 17.5 Å². The minimum Gasteiger partial charge on any atom is -0.495 e. The zero-order valence-corrected chi connectivity index (χ0v) is 11.7. The molecule has 0 aliphatic carbocycles. The van der Waals surface area contributed by atoms with Gasteiger partial charge >= 0.3 is 0 Å². The van der Waals surface area contributed by atoms with Gasteiger partial charge in [0.2, 0.25) is 5.91 Å². The van der Waals surface area contributed by atoms with Crippen LogP contribution in [0.1, 0.15) is 11.1 Å². The summed E-state index contributed by atoms with van der Waals surface area (Å²) < 4.78 is 5.15. The van der Waals surface area contributed by atoms with E-state index in [9.17, 15) is 4.79 Å². The third-order valence-corrected chi connectivity index (χ3v) is 2.96. The van der Waals surface area contributed by atoms with E-state index in [-0.39, 0.29) is 5.91 Å². The molecule has 1 aromatic carbocycles. The molecule has 0 saturated heterocycles. The van der Waals surface area contributed by atoms with Crippen molar-refractivity contribution in [3.05, 3.63) is 28.3 Å². The van der Waals surface area contributed by atoms with Gasteiger partial charge in [-0.2, -0.15) is 0 Å². The molecule has 0 spiro atoms. The highest BCUT2D eigenvalue weighted by Crippen LogP contribution is 2.27. The van der Waals surface area contributed by atoms with Gasteiger partial charge in [-0.05, 0) is 43.7 Å². The lowest BCUT2D eigenvalue weighted by atomic mass is 10.1. The number of amides is 1. The zero-order chi connectivity index (χ0) is 13.5. The molecular formula is C13H19ClN2O2. The molecule has 0 fully saturated rings. The number of methoxy groups -OCH3 is 1. The van der Waals surface area contributed by atoms with Gasteiger partial charge in [-0.25, -0.2) is 0 Å². The predicted molar refractivity (Wildman–Crippen MR) is 73.4 cm³/mol. The van der Waals surface area contributed by atoms with E-state index in [0.29, 0.717) is 23.9 Å². The van der Waals surface area contributed by atoms with Crippen molar-refractivity contribution in [2.45, 2.75) is 13.3 Å². The van der Waals surface area contributed by atoms with E-state index in [4.69, 9.17) is 16.3 Å². The highest BCUT2D eigenvalue weighted by atomic mass is 35.5. The molecule has 0 unspecified atom stereocenters. The summed E-state index contributed by atoms with van der Waals surface area (Å²) in [6.45, 7) is 2.94. The number of carbonyl (C=O) groups excluding carboxylic acids is 1. The summed E-state index contributed by atoms with van der Waals surface area (Å²) in [4.78, 5) is 11.3. The molecule has 0 saturated carbocycles. The summed E-state index contributed by atoms with van der Waals surface area (Å²) >= 11 is 6.07. The van der Waals surface area contributed by atoms with Gasteiger partial charge in [0.15, 0.2) is 0 Å². The van der Waals surface area contributed by atoms with E-state index in [1.54, 1.807) is 14.2 Å². The summed E-state index contributed by atoms with van der Waals surface area (Å²) in [5.41, 5.74) is 2.23. The average Bonchev–Trinajstić information content (AvgIpc) is 2.33. The minimum absolute atomic E-state index is 0.00485. The van der Waals surface area contributed by atoms with Crippen LogP contribution in [0.5, 0.6) is 5.75 Å². The fourth-order valence-electron chi connectivity index (χ4n) is 1.68. The van der Waals surface area contributed by atoms with E-state index < -0.39 is 0 Å². The second kappa shape index (κ2) is 7.24. The van der Waals surface area contributed by atoms with Gasteiger partial charge < -0.3 is 15.4 Å². The topological polar surface area (TPSA) is 50.4 Å². The Hall–Kier alpha value is -1.26. The van der Waals surface area contributed by atoms with Gasteiger partial charge in [-0.3, -0.25) is 4.79 Å². The third kappa shape index (κ3) is 4.20. The van der Waals surface area contributed by atoms with Crippen LogP contribution >= 0.6 is 11.6 Å². The number of benzene rings is 1. The Balaban J connectivity index is 2.57. The van der Waals surface area contributed by atoms with Crippen molar-refractivity contribution in [2.75, 3.05) is 27.2 Å². The predicted octanol–water partition coefficient (Wildman–Crippen LogP) is 1.54. The van der Waals surface area contributed by atoms with Gasteiger partial charge in [0.25, 0.3) is 0 Å². The van der Waals surface area contributed by atoms with Crippen LogP contribution in [0.25, 0.3) is 0 Å². The van der Waals surface area contributed by atoms with Crippen molar-refractivity contribution < 1.29 is 9.53 Å². The zero-order valence-electron chi connectivity index (χ0n) is 11.0. The largest absolute Gasteiger partial charge is 0.495 e. The van der Waals surface area contributed by atoms with Crippen LogP contribution in [0, 0.1) is 6.92 Å². The third-order valence-electron chi connectivity index (χ3n) is 2.66. The Morgan fingerprint density at radius 2 is 2.17 bits per heavy atom. The van der Waals surface area contributed by atoms with Crippen molar-refractivity contribution in [3.63, 3.8) is 0 Å². The van der Waals surface area contributed by atoms with Crippen molar-refractivity contribution in [2.24, 2.45) is 0 Å². The molecule has 0 atom stereocenters. The molecule has 1 amide bonds. The summed E-state index contributed by atoms with van der Waals surface area (Å²) in [5, 5.41) is 6.23. The number of carbonyl (C=O) groups is 1. The van der Waals surface area contributed by atoms with Crippen LogP contribution in [0.3, 0.4) is 0 Å². The maximum atomic E-state index is 11.3. The molecule has 1 rings (SSSR count). The summed E-state index contributed by atoms with van der Waals surface area (Å²) in [7, 11) is 3.34. The quantitative estimate of drug-likeness (QED) is 0.824. The monoisotopic (exact) mass is 270 g/mol. The van der Waals surface area contributed by atoms with Gasteiger partial charge in [0.1, 0.15) is 5.75 Å². The number of halogens is 1. The Labute approximate surface area is 113 Å². The first-order valence-electron chi connectivity index (χ1n) is 5.82. The molecule has 18 heavy (non-hydrogen) atoms. The number of hydrogen-bond donors (Lipinski definition) is 2. The maximum absolute atomic E-state index is 11.3. The Morgan fingerprint density at radius 3 is 2.78 bits per heavy atom. The van der Waals surface area contributed by atoms with Crippen LogP contribution in [-0.2, 0) is 11.2 Å². The van der Waals surface area contributed by atoms with Crippen LogP contribution in [0.2, 0.25) is 5.02 Å². The molecule has 0 aromatic heterocycles. The molecule has 0 aliphatic heterocycles. The Kier molecular flexibility index (Phi) is 5.95. The van der Waals surface area contributed by atoms with E-state index in [1.807, 2.05) is 19.1 Å². The molecule has 0 bridgehead atoms. The lowest BCUT2D eigenvalue weighted by molar-refractivity contribution is -0.120. The highest BCUT2D eigenvalue weighted by Gasteiger charge is 2.06.